The number of rotatable bonds is 4. The van der Waals surface area contributed by atoms with Crippen molar-refractivity contribution in [3.05, 3.63) is 40.1 Å². The third-order valence-electron chi connectivity index (χ3n) is 5.51. The molecule has 0 bridgehead atoms. The number of aromatic nitrogens is 3. The molecule has 11 heteroatoms. The van der Waals surface area contributed by atoms with E-state index in [2.05, 4.69) is 26.0 Å². The molecule has 1 saturated carbocycles. The molecule has 3 aromatic rings. The smallest absolute Gasteiger partial charge is 0.276 e. The minimum absolute atomic E-state index is 0.189. The number of aliphatic imine (C=N–C) groups is 1. The Kier molecular flexibility index (Phi) is 4.65. The first-order valence-electron chi connectivity index (χ1n) is 9.71. The fourth-order valence-electron chi connectivity index (χ4n) is 3.60. The third-order valence-corrected chi connectivity index (χ3v) is 9.56. The van der Waals surface area contributed by atoms with Crippen molar-refractivity contribution in [3.8, 4) is 22.0 Å². The van der Waals surface area contributed by atoms with E-state index in [0.717, 1.165) is 34.0 Å². The summed E-state index contributed by atoms with van der Waals surface area (Å²) < 4.78 is 19.8. The lowest BCUT2D eigenvalue weighted by molar-refractivity contribution is 0.421. The molecule has 1 aliphatic heterocycles. The van der Waals surface area contributed by atoms with E-state index in [9.17, 15) is 4.21 Å². The summed E-state index contributed by atoms with van der Waals surface area (Å²) in [5.74, 6) is 5.83. The van der Waals surface area contributed by atoms with Crippen LogP contribution in [-0.4, -0.2) is 48.3 Å². The maximum atomic E-state index is 13.0. The Bertz CT molecular complexity index is 1310. The van der Waals surface area contributed by atoms with Crippen LogP contribution in [0.2, 0.25) is 5.02 Å². The summed E-state index contributed by atoms with van der Waals surface area (Å²) in [6.45, 7) is 1.88. The average molecular weight is 477 g/mol. The summed E-state index contributed by atoms with van der Waals surface area (Å²) in [4.78, 5) is 15.2. The largest absolute Gasteiger partial charge is 0.369 e. The number of nitrogens with two attached hydrogens (primary N) is 1. The highest BCUT2D eigenvalue weighted by Crippen LogP contribution is 2.44. The van der Waals surface area contributed by atoms with Gasteiger partial charge in [0.2, 0.25) is 5.96 Å². The number of pyridine rings is 1. The van der Waals surface area contributed by atoms with Crippen LogP contribution < -0.4 is 5.73 Å². The van der Waals surface area contributed by atoms with E-state index in [0.29, 0.717) is 22.5 Å². The number of hydrogen-bond acceptors (Lipinski definition) is 8. The zero-order valence-electron chi connectivity index (χ0n) is 17.0. The molecule has 0 aromatic carbocycles. The van der Waals surface area contributed by atoms with Gasteiger partial charge in [0.05, 0.1) is 25.4 Å². The molecule has 2 atom stereocenters. The quantitative estimate of drug-likeness (QED) is 0.577. The Balaban J connectivity index is 1.51. The fraction of sp³-hybridized carbons (Fsp3) is 0.350. The van der Waals surface area contributed by atoms with Crippen LogP contribution in [0.15, 0.2) is 33.9 Å². The van der Waals surface area contributed by atoms with Crippen LogP contribution in [0.25, 0.3) is 22.0 Å². The number of thiophene rings is 1. The Morgan fingerprint density at radius 3 is 2.90 bits per heavy atom. The molecule has 1 fully saturated rings. The lowest BCUT2D eigenvalue weighted by Gasteiger charge is -2.36. The Morgan fingerprint density at radius 1 is 1.42 bits per heavy atom. The second-order valence-electron chi connectivity index (χ2n) is 8.11. The van der Waals surface area contributed by atoms with Crippen molar-refractivity contribution in [2.45, 2.75) is 31.2 Å². The highest BCUT2D eigenvalue weighted by molar-refractivity contribution is 7.98. The molecule has 0 spiro atoms. The molecule has 0 amide bonds. The van der Waals surface area contributed by atoms with E-state index in [1.165, 1.54) is 15.6 Å². The minimum Gasteiger partial charge on any atom is -0.369 e. The molecule has 31 heavy (non-hydrogen) atoms. The van der Waals surface area contributed by atoms with Gasteiger partial charge >= 0.3 is 0 Å². The summed E-state index contributed by atoms with van der Waals surface area (Å²) in [7, 11) is -0.954. The van der Waals surface area contributed by atoms with Crippen molar-refractivity contribution in [3.63, 3.8) is 0 Å². The van der Waals surface area contributed by atoms with Crippen molar-refractivity contribution in [1.29, 1.82) is 0 Å². The van der Waals surface area contributed by atoms with Gasteiger partial charge in [0.25, 0.3) is 5.89 Å². The van der Waals surface area contributed by atoms with Gasteiger partial charge in [0, 0.05) is 24.0 Å². The first-order chi connectivity index (χ1) is 14.7. The van der Waals surface area contributed by atoms with E-state index in [4.69, 9.17) is 21.9 Å². The summed E-state index contributed by atoms with van der Waals surface area (Å²) in [6, 6.07) is 5.67. The molecule has 0 saturated heterocycles. The molecule has 1 unspecified atom stereocenters. The number of guanidine groups is 1. The zero-order valence-corrected chi connectivity index (χ0v) is 19.4. The lowest BCUT2D eigenvalue weighted by Crippen LogP contribution is -2.50. The first kappa shape index (κ1) is 20.5. The number of halogens is 1. The van der Waals surface area contributed by atoms with Gasteiger partial charge < -0.3 is 10.3 Å². The van der Waals surface area contributed by atoms with E-state index in [-0.39, 0.29) is 11.7 Å². The standard InChI is InChI=1S/C20H21ClN6O2S2/c1-20(10-31(3,28)27(2)19(22)25-20)16-13(21)9-15(30-16)12-6-7-23-14(8-12)18-24-17(26-29-18)11-4-5-11/h6-9,11H,3-5,10H2,1-2H3,(H2,22,25)/t20-,31?/m0/s1. The molecule has 1 aliphatic carbocycles. The summed E-state index contributed by atoms with van der Waals surface area (Å²) in [5, 5.41) is 4.61. The van der Waals surface area contributed by atoms with Gasteiger partial charge in [0.1, 0.15) is 11.2 Å². The molecule has 2 N–H and O–H groups in total. The van der Waals surface area contributed by atoms with Gasteiger partial charge in [-0.25, -0.2) is 9.20 Å². The topological polar surface area (TPSA) is 110 Å². The SMILES string of the molecule is C=S1(=O)C[C@@](C)(c2sc(-c3ccnc(-c4nc(C5CC5)no4)c3)cc2Cl)N=C(N)N1C. The monoisotopic (exact) mass is 476 g/mol. The summed E-state index contributed by atoms with van der Waals surface area (Å²) >= 11 is 8.10. The van der Waals surface area contributed by atoms with Crippen molar-refractivity contribution in [2.75, 3.05) is 12.8 Å². The van der Waals surface area contributed by atoms with Crippen LogP contribution in [-0.2, 0) is 15.2 Å². The van der Waals surface area contributed by atoms with Crippen LogP contribution in [0.1, 0.15) is 36.4 Å². The van der Waals surface area contributed by atoms with Crippen LogP contribution in [0.3, 0.4) is 0 Å². The van der Waals surface area contributed by atoms with Gasteiger partial charge in [-0.05, 0) is 49.4 Å². The van der Waals surface area contributed by atoms with Gasteiger partial charge in [-0.2, -0.15) is 4.98 Å². The predicted molar refractivity (Wildman–Crippen MR) is 125 cm³/mol. The summed E-state index contributed by atoms with van der Waals surface area (Å²) in [5.41, 5.74) is 6.73. The average Bonchev–Trinajstić information content (AvgIpc) is 3.30. The highest BCUT2D eigenvalue weighted by Gasteiger charge is 2.39. The van der Waals surface area contributed by atoms with Gasteiger partial charge in [-0.1, -0.05) is 16.8 Å². The Hall–Kier alpha value is -2.43. The predicted octanol–water partition coefficient (Wildman–Crippen LogP) is 3.50. The first-order valence-corrected chi connectivity index (χ1v) is 12.8. The maximum Gasteiger partial charge on any atom is 0.276 e. The number of nitrogens with zero attached hydrogens (tertiary/aromatic N) is 5. The summed E-state index contributed by atoms with van der Waals surface area (Å²) in [6.07, 6.45) is 3.91. The second-order valence-corrected chi connectivity index (χ2v) is 11.9. The minimum atomic E-state index is -2.59. The molecule has 0 radical (unpaired) electrons. The second kappa shape index (κ2) is 7.04. The Morgan fingerprint density at radius 2 is 2.19 bits per heavy atom. The normalized spacial score (nSPS) is 26.2. The van der Waals surface area contributed by atoms with Crippen LogP contribution >= 0.6 is 22.9 Å². The highest BCUT2D eigenvalue weighted by atomic mass is 35.5. The van der Waals surface area contributed by atoms with Crippen molar-refractivity contribution in [2.24, 2.45) is 10.7 Å². The van der Waals surface area contributed by atoms with E-state index in [1.807, 2.05) is 25.1 Å². The van der Waals surface area contributed by atoms with E-state index < -0.39 is 15.2 Å². The molecule has 162 valence electrons. The fourth-order valence-corrected chi connectivity index (χ4v) is 6.99. The van der Waals surface area contributed by atoms with Gasteiger partial charge in [-0.3, -0.25) is 9.29 Å². The van der Waals surface area contributed by atoms with Gasteiger partial charge in [-0.15, -0.1) is 11.3 Å². The van der Waals surface area contributed by atoms with Crippen molar-refractivity contribution in [1.82, 2.24) is 19.4 Å². The Labute approximate surface area is 189 Å². The van der Waals surface area contributed by atoms with Gasteiger partial charge in [0.15, 0.2) is 5.82 Å². The van der Waals surface area contributed by atoms with Crippen molar-refractivity contribution >= 4 is 44.5 Å². The molecule has 4 heterocycles. The number of hydrogen-bond donors (Lipinski definition) is 1. The molecular formula is C20H21ClN6O2S2. The van der Waals surface area contributed by atoms with Crippen LogP contribution in [0.4, 0.5) is 0 Å². The maximum absolute atomic E-state index is 13.0. The molecule has 5 rings (SSSR count). The zero-order chi connectivity index (χ0) is 22.0. The van der Waals surface area contributed by atoms with Crippen LogP contribution in [0.5, 0.6) is 0 Å². The van der Waals surface area contributed by atoms with Crippen molar-refractivity contribution < 1.29 is 8.73 Å². The van der Waals surface area contributed by atoms with E-state index >= 15 is 0 Å². The van der Waals surface area contributed by atoms with Crippen LogP contribution in [0, 0.1) is 0 Å². The van der Waals surface area contributed by atoms with E-state index in [1.54, 1.807) is 13.2 Å². The molecule has 2 aliphatic rings. The molecular weight excluding hydrogens is 456 g/mol. The lowest BCUT2D eigenvalue weighted by atomic mass is 10.0. The molecule has 8 nitrogen and oxygen atoms in total. The molecule has 3 aromatic heterocycles. The third kappa shape index (κ3) is 3.62.